The normalized spacial score (nSPS) is 27.2. The molecule has 3 atom stereocenters. The van der Waals surface area contributed by atoms with Gasteiger partial charge in [0.25, 0.3) is 5.91 Å². The number of halogens is 2. The Labute approximate surface area is 182 Å². The number of hydrazine groups is 1. The highest BCUT2D eigenvalue weighted by atomic mass is 35.5. The number of amides is 1. The molecule has 1 N–H and O–H groups in total. The summed E-state index contributed by atoms with van der Waals surface area (Å²) in [6.07, 6.45) is 12.8. The molecule has 29 heavy (non-hydrogen) atoms. The standard InChI is InChI=1S/C22H26Cl2N4O/c1-15-20(16-8-4-2-5-9-16)21(22(29)26-27-12-6-3-7-13-27)25-28(15)19-11-10-17(23)14-18(19)24/h2,4-5,8,10-11,14-16,20H,3,6-7,9,12-13H2,1H3,(H,26,29)/t15-,16?,20+/m0/s1. The summed E-state index contributed by atoms with van der Waals surface area (Å²) in [6, 6.07) is 5.38. The van der Waals surface area contributed by atoms with Crippen LogP contribution in [0.3, 0.4) is 0 Å². The summed E-state index contributed by atoms with van der Waals surface area (Å²) in [6.45, 7) is 3.88. The molecule has 1 unspecified atom stereocenters. The van der Waals surface area contributed by atoms with Crippen molar-refractivity contribution < 1.29 is 4.79 Å². The van der Waals surface area contributed by atoms with Crippen LogP contribution in [0.4, 0.5) is 5.69 Å². The van der Waals surface area contributed by atoms with E-state index in [-0.39, 0.29) is 23.8 Å². The third kappa shape index (κ3) is 4.37. The summed E-state index contributed by atoms with van der Waals surface area (Å²) < 4.78 is 0. The molecule has 1 amide bonds. The maximum Gasteiger partial charge on any atom is 0.282 e. The third-order valence-electron chi connectivity index (χ3n) is 5.92. The van der Waals surface area contributed by atoms with E-state index in [0.717, 1.165) is 38.0 Å². The third-order valence-corrected chi connectivity index (χ3v) is 6.45. The van der Waals surface area contributed by atoms with Crippen molar-refractivity contribution in [3.05, 3.63) is 52.5 Å². The first kappa shape index (κ1) is 20.5. The molecule has 2 aliphatic heterocycles. The first-order valence-corrected chi connectivity index (χ1v) is 11.0. The summed E-state index contributed by atoms with van der Waals surface area (Å²) in [4.78, 5) is 13.2. The van der Waals surface area contributed by atoms with Gasteiger partial charge in [-0.15, -0.1) is 0 Å². The van der Waals surface area contributed by atoms with Gasteiger partial charge in [0.2, 0.25) is 0 Å². The summed E-state index contributed by atoms with van der Waals surface area (Å²) in [5.41, 5.74) is 4.42. The average molecular weight is 433 g/mol. The number of hydrogen-bond acceptors (Lipinski definition) is 4. The fourth-order valence-electron chi connectivity index (χ4n) is 4.42. The average Bonchev–Trinajstić information content (AvgIpc) is 3.06. The van der Waals surface area contributed by atoms with E-state index in [9.17, 15) is 4.79 Å². The van der Waals surface area contributed by atoms with Crippen molar-refractivity contribution in [3.8, 4) is 0 Å². The van der Waals surface area contributed by atoms with Crippen molar-refractivity contribution in [3.63, 3.8) is 0 Å². The Morgan fingerprint density at radius 3 is 2.66 bits per heavy atom. The number of carbonyl (C=O) groups excluding carboxylic acids is 1. The summed E-state index contributed by atoms with van der Waals surface area (Å²) in [5.74, 6) is 0.0870. The van der Waals surface area contributed by atoms with E-state index in [1.54, 1.807) is 12.1 Å². The van der Waals surface area contributed by atoms with Crippen LogP contribution in [0, 0.1) is 11.8 Å². The number of nitrogens with one attached hydrogen (secondary N) is 1. The van der Waals surface area contributed by atoms with Gasteiger partial charge in [0.1, 0.15) is 5.71 Å². The Morgan fingerprint density at radius 2 is 1.97 bits per heavy atom. The largest absolute Gasteiger partial charge is 0.284 e. The number of allylic oxidation sites excluding steroid dienone is 4. The maximum atomic E-state index is 13.2. The van der Waals surface area contributed by atoms with Crippen LogP contribution in [0.2, 0.25) is 10.0 Å². The van der Waals surface area contributed by atoms with E-state index >= 15 is 0 Å². The molecule has 5 nitrogen and oxygen atoms in total. The van der Waals surface area contributed by atoms with Crippen LogP contribution in [0.15, 0.2) is 47.6 Å². The van der Waals surface area contributed by atoms with Crippen molar-refractivity contribution >= 4 is 40.5 Å². The number of rotatable bonds is 4. The van der Waals surface area contributed by atoms with Crippen LogP contribution in [0.1, 0.15) is 32.6 Å². The fraction of sp³-hybridized carbons (Fsp3) is 0.455. The quantitative estimate of drug-likeness (QED) is 0.741. The smallest absolute Gasteiger partial charge is 0.282 e. The molecule has 1 fully saturated rings. The lowest BCUT2D eigenvalue weighted by atomic mass is 9.79. The van der Waals surface area contributed by atoms with Gasteiger partial charge < -0.3 is 0 Å². The number of anilines is 1. The Balaban J connectivity index is 1.64. The minimum atomic E-state index is -0.112. The predicted octanol–water partition coefficient (Wildman–Crippen LogP) is 4.82. The summed E-state index contributed by atoms with van der Waals surface area (Å²) in [5, 5.41) is 9.78. The van der Waals surface area contributed by atoms with Gasteiger partial charge in [0.15, 0.2) is 0 Å². The monoisotopic (exact) mass is 432 g/mol. The van der Waals surface area contributed by atoms with Crippen molar-refractivity contribution in [1.82, 2.24) is 10.4 Å². The number of benzene rings is 1. The SMILES string of the molecule is C[C@H]1[C@H](C2C=CC=CC2)C(C(=O)NN2CCCCC2)=NN1c1ccc(Cl)cc1Cl. The molecule has 0 saturated carbocycles. The Morgan fingerprint density at radius 1 is 1.17 bits per heavy atom. The first-order valence-electron chi connectivity index (χ1n) is 10.3. The lowest BCUT2D eigenvalue weighted by molar-refractivity contribution is -0.120. The van der Waals surface area contributed by atoms with Crippen molar-refractivity contribution in [2.24, 2.45) is 16.9 Å². The molecule has 4 rings (SSSR count). The van der Waals surface area contributed by atoms with Gasteiger partial charge >= 0.3 is 0 Å². The lowest BCUT2D eigenvalue weighted by Gasteiger charge is -2.30. The highest BCUT2D eigenvalue weighted by Crippen LogP contribution is 2.39. The maximum absolute atomic E-state index is 13.2. The molecule has 0 bridgehead atoms. The van der Waals surface area contributed by atoms with Gasteiger partial charge in [0, 0.05) is 24.0 Å². The first-order chi connectivity index (χ1) is 14.0. The molecule has 7 heteroatoms. The zero-order valence-electron chi connectivity index (χ0n) is 16.5. The van der Waals surface area contributed by atoms with Gasteiger partial charge in [0.05, 0.1) is 16.8 Å². The van der Waals surface area contributed by atoms with Crippen LogP contribution >= 0.6 is 23.2 Å². The van der Waals surface area contributed by atoms with E-state index in [1.807, 2.05) is 16.1 Å². The van der Waals surface area contributed by atoms with Gasteiger partial charge in [-0.3, -0.25) is 15.2 Å². The molecule has 2 heterocycles. The van der Waals surface area contributed by atoms with Crippen molar-refractivity contribution in [1.29, 1.82) is 0 Å². The fourth-order valence-corrected chi connectivity index (χ4v) is 4.92. The number of piperidine rings is 1. The molecule has 1 aromatic carbocycles. The molecular formula is C22H26Cl2N4O. The van der Waals surface area contributed by atoms with E-state index in [0.29, 0.717) is 15.8 Å². The van der Waals surface area contributed by atoms with Crippen LogP contribution < -0.4 is 10.4 Å². The van der Waals surface area contributed by atoms with Crippen LogP contribution in [0.25, 0.3) is 0 Å². The molecule has 3 aliphatic rings. The number of nitrogens with zero attached hydrogens (tertiary/aromatic N) is 3. The molecule has 0 radical (unpaired) electrons. The van der Waals surface area contributed by atoms with E-state index < -0.39 is 0 Å². The summed E-state index contributed by atoms with van der Waals surface area (Å²) >= 11 is 12.5. The topological polar surface area (TPSA) is 47.9 Å². The molecule has 1 aliphatic carbocycles. The van der Waals surface area contributed by atoms with Crippen molar-refractivity contribution in [2.75, 3.05) is 18.1 Å². The molecule has 1 saturated heterocycles. The number of hydrazone groups is 1. The molecule has 0 aromatic heterocycles. The van der Waals surface area contributed by atoms with Crippen molar-refractivity contribution in [2.45, 2.75) is 38.6 Å². The second-order valence-electron chi connectivity index (χ2n) is 7.89. The highest BCUT2D eigenvalue weighted by molar-refractivity contribution is 6.41. The Bertz CT molecular complexity index is 860. The van der Waals surface area contributed by atoms with Crippen LogP contribution in [-0.2, 0) is 4.79 Å². The molecule has 1 aromatic rings. The minimum absolute atomic E-state index is 0.00284. The van der Waals surface area contributed by atoms with Gasteiger partial charge in [-0.25, -0.2) is 5.01 Å². The predicted molar refractivity (Wildman–Crippen MR) is 119 cm³/mol. The van der Waals surface area contributed by atoms with Gasteiger partial charge in [-0.05, 0) is 50.3 Å². The van der Waals surface area contributed by atoms with E-state index in [4.69, 9.17) is 28.3 Å². The second-order valence-corrected chi connectivity index (χ2v) is 8.74. The molecular weight excluding hydrogens is 407 g/mol. The zero-order valence-corrected chi connectivity index (χ0v) is 18.0. The highest BCUT2D eigenvalue weighted by Gasteiger charge is 2.43. The van der Waals surface area contributed by atoms with Crippen LogP contribution in [-0.4, -0.2) is 35.8 Å². The number of carbonyl (C=O) groups is 1. The lowest BCUT2D eigenvalue weighted by Crippen LogP contribution is -2.49. The Hall–Kier alpha value is -1.82. The van der Waals surface area contributed by atoms with Gasteiger partial charge in [-0.2, -0.15) is 5.10 Å². The summed E-state index contributed by atoms with van der Waals surface area (Å²) in [7, 11) is 0. The van der Waals surface area contributed by atoms with E-state index in [2.05, 4.69) is 36.7 Å². The van der Waals surface area contributed by atoms with E-state index in [1.165, 1.54) is 6.42 Å². The zero-order chi connectivity index (χ0) is 20.4. The van der Waals surface area contributed by atoms with Gasteiger partial charge in [-0.1, -0.05) is 53.9 Å². The van der Waals surface area contributed by atoms with Crippen LogP contribution in [0.5, 0.6) is 0 Å². The molecule has 0 spiro atoms. The Kier molecular flexibility index (Phi) is 6.28. The minimum Gasteiger partial charge on any atom is -0.284 e. The number of hydrogen-bond donors (Lipinski definition) is 1. The second kappa shape index (κ2) is 8.90. The molecule has 154 valence electrons.